The number of rotatable bonds is 3. The normalized spacial score (nSPS) is 16.3. The Balaban J connectivity index is 1.76. The predicted octanol–water partition coefficient (Wildman–Crippen LogP) is 3.07. The Morgan fingerprint density at radius 3 is 2.95 bits per heavy atom. The monoisotopic (exact) mass is 316 g/mol. The van der Waals surface area contributed by atoms with Gasteiger partial charge in [0.25, 0.3) is 0 Å². The van der Waals surface area contributed by atoms with Crippen LogP contribution in [0.1, 0.15) is 6.42 Å². The van der Waals surface area contributed by atoms with Crippen LogP contribution in [0.25, 0.3) is 0 Å². The number of anilines is 1. The SMILES string of the molecule is CN1CCCN(c2cncc(Oc3cc(=S)cc[nH]3)c2)CC1. The molecule has 1 aliphatic rings. The van der Waals surface area contributed by atoms with Gasteiger partial charge in [0.15, 0.2) is 5.88 Å². The number of ether oxygens (including phenoxy) is 1. The van der Waals surface area contributed by atoms with E-state index in [-0.39, 0.29) is 0 Å². The van der Waals surface area contributed by atoms with E-state index in [0.717, 1.165) is 42.8 Å². The van der Waals surface area contributed by atoms with Crippen molar-refractivity contribution >= 4 is 17.9 Å². The average Bonchev–Trinajstić information content (AvgIpc) is 2.72. The molecule has 6 heteroatoms. The van der Waals surface area contributed by atoms with Gasteiger partial charge in [0.05, 0.1) is 18.1 Å². The van der Waals surface area contributed by atoms with Crippen molar-refractivity contribution in [3.63, 3.8) is 0 Å². The van der Waals surface area contributed by atoms with Gasteiger partial charge in [-0.1, -0.05) is 12.2 Å². The summed E-state index contributed by atoms with van der Waals surface area (Å²) >= 11 is 5.14. The molecule has 1 N–H and O–H groups in total. The molecular formula is C16H20N4OS. The summed E-state index contributed by atoms with van der Waals surface area (Å²) in [4.78, 5) is 12.1. The van der Waals surface area contributed by atoms with Crippen LogP contribution in [0.5, 0.6) is 11.6 Å². The van der Waals surface area contributed by atoms with Crippen LogP contribution < -0.4 is 9.64 Å². The summed E-state index contributed by atoms with van der Waals surface area (Å²) in [6.45, 7) is 4.26. The van der Waals surface area contributed by atoms with Crippen molar-refractivity contribution < 1.29 is 4.74 Å². The molecule has 0 saturated carbocycles. The number of hydrogen-bond donors (Lipinski definition) is 1. The fourth-order valence-corrected chi connectivity index (χ4v) is 2.73. The summed E-state index contributed by atoms with van der Waals surface area (Å²) in [5.41, 5.74) is 1.10. The van der Waals surface area contributed by atoms with E-state index < -0.39 is 0 Å². The first kappa shape index (κ1) is 15.0. The van der Waals surface area contributed by atoms with E-state index in [1.807, 2.05) is 18.3 Å². The summed E-state index contributed by atoms with van der Waals surface area (Å²) < 4.78 is 6.57. The minimum atomic E-state index is 0.627. The van der Waals surface area contributed by atoms with Crippen LogP contribution in [-0.2, 0) is 0 Å². The van der Waals surface area contributed by atoms with Crippen molar-refractivity contribution in [1.29, 1.82) is 0 Å². The molecule has 0 amide bonds. The fraction of sp³-hybridized carbons (Fsp3) is 0.375. The van der Waals surface area contributed by atoms with Gasteiger partial charge in [-0.25, -0.2) is 0 Å². The van der Waals surface area contributed by atoms with Crippen LogP contribution in [0.2, 0.25) is 0 Å². The van der Waals surface area contributed by atoms with Gasteiger partial charge in [0.1, 0.15) is 5.75 Å². The molecule has 0 spiro atoms. The third-order valence-electron chi connectivity index (χ3n) is 3.76. The number of likely N-dealkylation sites (N-methyl/N-ethyl adjacent to an activating group) is 1. The maximum Gasteiger partial charge on any atom is 0.198 e. The summed E-state index contributed by atoms with van der Waals surface area (Å²) in [6.07, 6.45) is 6.55. The molecule has 2 aromatic rings. The van der Waals surface area contributed by atoms with Crippen LogP contribution in [-0.4, -0.2) is 48.1 Å². The van der Waals surface area contributed by atoms with Gasteiger partial charge in [0, 0.05) is 42.5 Å². The Bertz CT molecular complexity index is 688. The van der Waals surface area contributed by atoms with Crippen LogP contribution in [0, 0.1) is 4.51 Å². The first-order valence-corrected chi connectivity index (χ1v) is 7.87. The van der Waals surface area contributed by atoms with Crippen molar-refractivity contribution in [3.05, 3.63) is 41.3 Å². The zero-order chi connectivity index (χ0) is 15.4. The standard InChI is InChI=1S/C16H20N4OS/c1-19-5-2-6-20(8-7-19)13-9-14(12-17-11-13)21-16-10-15(22)3-4-18-16/h3-4,9-12H,2,5-8H2,1H3,(H,18,22). The number of pyridine rings is 2. The minimum absolute atomic E-state index is 0.627. The van der Waals surface area contributed by atoms with Crippen molar-refractivity contribution in [2.45, 2.75) is 6.42 Å². The fourth-order valence-electron chi connectivity index (χ4n) is 2.55. The Labute approximate surface area is 135 Å². The lowest BCUT2D eigenvalue weighted by Crippen LogP contribution is -2.28. The van der Waals surface area contributed by atoms with Crippen LogP contribution in [0.4, 0.5) is 5.69 Å². The summed E-state index contributed by atoms with van der Waals surface area (Å²) in [5, 5.41) is 0. The second-order valence-corrected chi connectivity index (χ2v) is 5.98. The third kappa shape index (κ3) is 3.84. The zero-order valence-corrected chi connectivity index (χ0v) is 13.5. The highest BCUT2D eigenvalue weighted by atomic mass is 32.1. The Morgan fingerprint density at radius 2 is 2.09 bits per heavy atom. The first-order valence-electron chi connectivity index (χ1n) is 7.46. The zero-order valence-electron chi connectivity index (χ0n) is 12.7. The molecule has 2 aromatic heterocycles. The second kappa shape index (κ2) is 6.89. The number of aromatic amines is 1. The van der Waals surface area contributed by atoms with E-state index in [4.69, 9.17) is 17.0 Å². The molecule has 1 saturated heterocycles. The van der Waals surface area contributed by atoms with Gasteiger partial charge in [-0.3, -0.25) is 4.98 Å². The van der Waals surface area contributed by atoms with E-state index in [9.17, 15) is 0 Å². The smallest absolute Gasteiger partial charge is 0.198 e. The van der Waals surface area contributed by atoms with Gasteiger partial charge in [-0.2, -0.15) is 0 Å². The highest BCUT2D eigenvalue weighted by Gasteiger charge is 2.13. The largest absolute Gasteiger partial charge is 0.439 e. The molecule has 22 heavy (non-hydrogen) atoms. The quantitative estimate of drug-likeness (QED) is 0.882. The molecule has 0 unspecified atom stereocenters. The summed E-state index contributed by atoms with van der Waals surface area (Å²) in [5.74, 6) is 1.34. The molecule has 3 rings (SSSR count). The maximum absolute atomic E-state index is 5.82. The molecule has 0 radical (unpaired) electrons. The minimum Gasteiger partial charge on any atom is -0.439 e. The van der Waals surface area contributed by atoms with Crippen molar-refractivity contribution in [2.24, 2.45) is 0 Å². The average molecular weight is 316 g/mol. The molecule has 1 fully saturated rings. The van der Waals surface area contributed by atoms with E-state index >= 15 is 0 Å². The Hall–Kier alpha value is -1.92. The van der Waals surface area contributed by atoms with Gasteiger partial charge >= 0.3 is 0 Å². The topological polar surface area (TPSA) is 44.4 Å². The lowest BCUT2D eigenvalue weighted by atomic mass is 10.3. The molecule has 1 aliphatic heterocycles. The van der Waals surface area contributed by atoms with Crippen LogP contribution in [0.15, 0.2) is 36.8 Å². The van der Waals surface area contributed by atoms with E-state index in [2.05, 4.69) is 26.8 Å². The molecule has 0 aromatic carbocycles. The highest BCUT2D eigenvalue weighted by molar-refractivity contribution is 7.71. The Morgan fingerprint density at radius 1 is 1.18 bits per heavy atom. The van der Waals surface area contributed by atoms with Gasteiger partial charge < -0.3 is 19.5 Å². The number of aromatic nitrogens is 2. The summed E-state index contributed by atoms with van der Waals surface area (Å²) in [7, 11) is 2.17. The number of nitrogens with one attached hydrogen (secondary N) is 1. The van der Waals surface area contributed by atoms with Crippen LogP contribution >= 0.6 is 12.2 Å². The number of H-pyrrole nitrogens is 1. The number of hydrogen-bond acceptors (Lipinski definition) is 5. The molecule has 116 valence electrons. The molecule has 0 bridgehead atoms. The van der Waals surface area contributed by atoms with Gasteiger partial charge in [-0.15, -0.1) is 0 Å². The first-order chi connectivity index (χ1) is 10.7. The van der Waals surface area contributed by atoms with Crippen LogP contribution in [0.3, 0.4) is 0 Å². The number of nitrogens with zero attached hydrogens (tertiary/aromatic N) is 3. The van der Waals surface area contributed by atoms with E-state index in [0.29, 0.717) is 11.6 Å². The molecule has 0 aliphatic carbocycles. The third-order valence-corrected chi connectivity index (χ3v) is 4.01. The highest BCUT2D eigenvalue weighted by Crippen LogP contribution is 2.24. The molecule has 0 atom stereocenters. The van der Waals surface area contributed by atoms with Crippen molar-refractivity contribution in [2.75, 3.05) is 38.1 Å². The maximum atomic E-state index is 5.82. The molecule has 3 heterocycles. The molecule has 5 nitrogen and oxygen atoms in total. The van der Waals surface area contributed by atoms with Crippen molar-refractivity contribution in [3.8, 4) is 11.6 Å². The lowest BCUT2D eigenvalue weighted by molar-refractivity contribution is 0.360. The molecular weight excluding hydrogens is 296 g/mol. The van der Waals surface area contributed by atoms with E-state index in [1.54, 1.807) is 18.5 Å². The van der Waals surface area contributed by atoms with Crippen molar-refractivity contribution in [1.82, 2.24) is 14.9 Å². The Kier molecular flexibility index (Phi) is 4.70. The van der Waals surface area contributed by atoms with Gasteiger partial charge in [-0.05, 0) is 26.1 Å². The predicted molar refractivity (Wildman–Crippen MR) is 90.3 cm³/mol. The van der Waals surface area contributed by atoms with E-state index in [1.165, 1.54) is 0 Å². The summed E-state index contributed by atoms with van der Waals surface area (Å²) in [6, 6.07) is 5.65. The second-order valence-electron chi connectivity index (χ2n) is 5.51. The van der Waals surface area contributed by atoms with Gasteiger partial charge in [0.2, 0.25) is 0 Å². The lowest BCUT2D eigenvalue weighted by Gasteiger charge is -2.22.